The van der Waals surface area contributed by atoms with Crippen LogP contribution < -0.4 is 10.1 Å². The van der Waals surface area contributed by atoms with Gasteiger partial charge in [-0.2, -0.15) is 0 Å². The molecule has 3 aromatic heterocycles. The smallest absolute Gasteiger partial charge is 0.225 e. The van der Waals surface area contributed by atoms with Crippen LogP contribution in [0.1, 0.15) is 51.1 Å². The number of methoxy groups -OCH3 is 1. The molecule has 0 bridgehead atoms. The van der Waals surface area contributed by atoms with Gasteiger partial charge in [-0.15, -0.1) is 0 Å². The SMILES string of the molecule is COc1ncnc2c1ccn2[C@@H]1C[C@H](CCc2ccc3ccc(NCC4CC4)nc3c2)[C@H]2OC(C)(C)O[C@H]21. The van der Waals surface area contributed by atoms with E-state index in [1.165, 1.54) is 23.8 Å². The first-order valence-electron chi connectivity index (χ1n) is 13.8. The Morgan fingerprint density at radius 2 is 1.92 bits per heavy atom. The Bertz CT molecular complexity index is 1480. The van der Waals surface area contributed by atoms with Crippen LogP contribution in [0.4, 0.5) is 5.82 Å². The summed E-state index contributed by atoms with van der Waals surface area (Å²) in [4.78, 5) is 13.8. The third kappa shape index (κ3) is 4.39. The highest BCUT2D eigenvalue weighted by Gasteiger charge is 2.54. The van der Waals surface area contributed by atoms with Crippen molar-refractivity contribution in [3.05, 3.63) is 54.5 Å². The number of aromatic nitrogens is 4. The van der Waals surface area contributed by atoms with E-state index >= 15 is 0 Å². The predicted molar refractivity (Wildman–Crippen MR) is 146 cm³/mol. The van der Waals surface area contributed by atoms with E-state index in [1.54, 1.807) is 13.4 Å². The number of hydrogen-bond donors (Lipinski definition) is 1. The fourth-order valence-corrected chi connectivity index (χ4v) is 6.33. The molecule has 1 N–H and O–H groups in total. The summed E-state index contributed by atoms with van der Waals surface area (Å²) in [6.45, 7) is 5.06. The highest BCUT2D eigenvalue weighted by atomic mass is 16.8. The molecule has 0 amide bonds. The molecule has 7 rings (SSSR count). The van der Waals surface area contributed by atoms with Crippen LogP contribution in [-0.4, -0.2) is 51.2 Å². The fraction of sp³-hybridized carbons (Fsp3) is 0.500. The lowest BCUT2D eigenvalue weighted by Gasteiger charge is -2.24. The molecule has 1 aromatic carbocycles. The zero-order valence-corrected chi connectivity index (χ0v) is 22.3. The Morgan fingerprint density at radius 3 is 2.76 bits per heavy atom. The van der Waals surface area contributed by atoms with E-state index in [-0.39, 0.29) is 18.2 Å². The first-order chi connectivity index (χ1) is 18.5. The van der Waals surface area contributed by atoms with E-state index in [2.05, 4.69) is 56.4 Å². The summed E-state index contributed by atoms with van der Waals surface area (Å²) in [6.07, 6.45) is 9.33. The number of benzene rings is 1. The second kappa shape index (κ2) is 9.20. The van der Waals surface area contributed by atoms with Crippen LogP contribution in [0, 0.1) is 11.8 Å². The summed E-state index contributed by atoms with van der Waals surface area (Å²) in [5.41, 5.74) is 3.24. The second-order valence-electron chi connectivity index (χ2n) is 11.6. The van der Waals surface area contributed by atoms with Crippen molar-refractivity contribution in [3.8, 4) is 5.88 Å². The first kappa shape index (κ1) is 23.9. The van der Waals surface area contributed by atoms with Gasteiger partial charge in [-0.3, -0.25) is 0 Å². The molecule has 2 saturated carbocycles. The molecule has 4 aromatic rings. The number of anilines is 1. The van der Waals surface area contributed by atoms with Gasteiger partial charge < -0.3 is 24.1 Å². The summed E-state index contributed by atoms with van der Waals surface area (Å²) in [7, 11) is 1.64. The summed E-state index contributed by atoms with van der Waals surface area (Å²) >= 11 is 0. The van der Waals surface area contributed by atoms with Gasteiger partial charge in [-0.25, -0.2) is 15.0 Å². The summed E-state index contributed by atoms with van der Waals surface area (Å²) in [5, 5.41) is 5.60. The average molecular weight is 514 g/mol. The molecule has 4 heterocycles. The standard InChI is InChI=1S/C30H35N5O3/c1-30(2)37-26-21(15-24(27(26)38-30)35-13-12-22-28(35)32-17-33-29(22)36-3)9-7-18-6-8-20-10-11-25(34-23(20)14-18)31-16-19-4-5-19/h6,8,10-14,17,19,21,24,26-27H,4-5,7,9,15-16H2,1-3H3,(H,31,34)/t21-,24+,26+,27-/m0/s1. The normalized spacial score (nSPS) is 26.2. The van der Waals surface area contributed by atoms with Gasteiger partial charge in [0.25, 0.3) is 0 Å². The van der Waals surface area contributed by atoms with E-state index < -0.39 is 5.79 Å². The van der Waals surface area contributed by atoms with E-state index in [0.29, 0.717) is 11.8 Å². The maximum Gasteiger partial charge on any atom is 0.225 e. The van der Waals surface area contributed by atoms with Crippen molar-refractivity contribution in [2.75, 3.05) is 19.0 Å². The molecule has 0 unspecified atom stereocenters. The second-order valence-corrected chi connectivity index (χ2v) is 11.6. The summed E-state index contributed by atoms with van der Waals surface area (Å²) in [6, 6.07) is 13.1. The molecular formula is C30H35N5O3. The van der Waals surface area contributed by atoms with E-state index in [1.807, 2.05) is 19.9 Å². The third-order valence-corrected chi connectivity index (χ3v) is 8.40. The Kier molecular flexibility index (Phi) is 5.78. The number of ether oxygens (including phenoxy) is 3. The van der Waals surface area contributed by atoms with Gasteiger partial charge in [0, 0.05) is 18.1 Å². The number of pyridine rings is 1. The van der Waals surface area contributed by atoms with Crippen molar-refractivity contribution in [2.45, 2.75) is 70.0 Å². The van der Waals surface area contributed by atoms with Crippen LogP contribution in [0.2, 0.25) is 0 Å². The molecule has 1 saturated heterocycles. The third-order valence-electron chi connectivity index (χ3n) is 8.40. The maximum absolute atomic E-state index is 6.48. The predicted octanol–water partition coefficient (Wildman–Crippen LogP) is 5.52. The van der Waals surface area contributed by atoms with E-state index in [0.717, 1.165) is 54.1 Å². The molecule has 3 aliphatic rings. The quantitative estimate of drug-likeness (QED) is 0.332. The molecule has 2 aliphatic carbocycles. The van der Waals surface area contributed by atoms with Crippen LogP contribution in [0.25, 0.3) is 21.9 Å². The molecule has 1 aliphatic heterocycles. The molecular weight excluding hydrogens is 478 g/mol. The number of aryl methyl sites for hydroxylation is 1. The van der Waals surface area contributed by atoms with Crippen molar-refractivity contribution in [3.63, 3.8) is 0 Å². The maximum atomic E-state index is 6.48. The number of nitrogens with one attached hydrogen (secondary N) is 1. The zero-order valence-electron chi connectivity index (χ0n) is 22.3. The molecule has 38 heavy (non-hydrogen) atoms. The minimum Gasteiger partial charge on any atom is -0.480 e. The Labute approximate surface area is 222 Å². The van der Waals surface area contributed by atoms with Crippen LogP contribution in [0.3, 0.4) is 0 Å². The van der Waals surface area contributed by atoms with Gasteiger partial charge in [0.05, 0.1) is 30.2 Å². The molecule has 8 heteroatoms. The monoisotopic (exact) mass is 513 g/mol. The van der Waals surface area contributed by atoms with Crippen molar-refractivity contribution in [2.24, 2.45) is 11.8 Å². The van der Waals surface area contributed by atoms with Crippen molar-refractivity contribution in [1.29, 1.82) is 0 Å². The summed E-state index contributed by atoms with van der Waals surface area (Å²) < 4.78 is 20.7. The van der Waals surface area contributed by atoms with E-state index in [9.17, 15) is 0 Å². The molecule has 0 spiro atoms. The number of rotatable bonds is 8. The van der Waals surface area contributed by atoms with Gasteiger partial charge in [-0.05, 0) is 87.6 Å². The fourth-order valence-electron chi connectivity index (χ4n) is 6.33. The molecule has 3 fully saturated rings. The minimum atomic E-state index is -0.599. The van der Waals surface area contributed by atoms with Crippen LogP contribution >= 0.6 is 0 Å². The highest BCUT2D eigenvalue weighted by Crippen LogP contribution is 2.49. The molecule has 0 radical (unpaired) electrons. The van der Waals surface area contributed by atoms with Gasteiger partial charge in [0.2, 0.25) is 5.88 Å². The largest absolute Gasteiger partial charge is 0.480 e. The lowest BCUT2D eigenvalue weighted by molar-refractivity contribution is -0.160. The molecule has 8 nitrogen and oxygen atoms in total. The van der Waals surface area contributed by atoms with E-state index in [4.69, 9.17) is 19.2 Å². The Hall–Kier alpha value is -3.23. The van der Waals surface area contributed by atoms with Crippen molar-refractivity contribution in [1.82, 2.24) is 19.5 Å². The Balaban J connectivity index is 1.11. The van der Waals surface area contributed by atoms with Crippen molar-refractivity contribution >= 4 is 27.8 Å². The first-order valence-corrected chi connectivity index (χ1v) is 13.8. The molecule has 4 atom stereocenters. The highest BCUT2D eigenvalue weighted by molar-refractivity contribution is 5.82. The average Bonchev–Trinajstić information content (AvgIpc) is 3.45. The van der Waals surface area contributed by atoms with Crippen LogP contribution in [0.15, 0.2) is 48.9 Å². The Morgan fingerprint density at radius 1 is 1.08 bits per heavy atom. The number of fused-ring (bicyclic) bond motifs is 3. The topological polar surface area (TPSA) is 83.3 Å². The summed E-state index contributed by atoms with van der Waals surface area (Å²) in [5.74, 6) is 2.17. The minimum absolute atomic E-state index is 0.0232. The van der Waals surface area contributed by atoms with Gasteiger partial charge in [-0.1, -0.05) is 12.1 Å². The lowest BCUT2D eigenvalue weighted by Crippen LogP contribution is -2.27. The number of hydrogen-bond acceptors (Lipinski definition) is 7. The number of nitrogens with zero attached hydrogens (tertiary/aromatic N) is 4. The van der Waals surface area contributed by atoms with Crippen LogP contribution in [-0.2, 0) is 15.9 Å². The van der Waals surface area contributed by atoms with Crippen LogP contribution in [0.5, 0.6) is 5.88 Å². The van der Waals surface area contributed by atoms with Crippen molar-refractivity contribution < 1.29 is 14.2 Å². The molecule has 198 valence electrons. The zero-order chi connectivity index (χ0) is 25.9. The van der Waals surface area contributed by atoms with Gasteiger partial charge >= 0.3 is 0 Å². The van der Waals surface area contributed by atoms with Gasteiger partial charge in [0.1, 0.15) is 23.9 Å². The lowest BCUT2D eigenvalue weighted by atomic mass is 9.95. The van der Waals surface area contributed by atoms with Gasteiger partial charge in [0.15, 0.2) is 5.79 Å².